The van der Waals surface area contributed by atoms with Crippen molar-refractivity contribution in [3.05, 3.63) is 45.4 Å². The molecule has 2 nitrogen and oxygen atoms in total. The first-order valence-corrected chi connectivity index (χ1v) is 6.64. The Morgan fingerprint density at radius 2 is 1.94 bits per heavy atom. The van der Waals surface area contributed by atoms with Gasteiger partial charge in [0, 0.05) is 11.6 Å². The predicted octanol–water partition coefficient (Wildman–Crippen LogP) is 4.20. The van der Waals surface area contributed by atoms with Crippen LogP contribution in [0.2, 0.25) is 10.2 Å². The van der Waals surface area contributed by atoms with E-state index in [2.05, 4.69) is 5.10 Å². The van der Waals surface area contributed by atoms with Gasteiger partial charge in [0.25, 0.3) is 0 Å². The maximum Gasteiger partial charge on any atom is 0.143 e. The molecule has 3 rings (SSSR count). The van der Waals surface area contributed by atoms with Crippen molar-refractivity contribution in [2.45, 2.75) is 25.7 Å². The Labute approximate surface area is 114 Å². The van der Waals surface area contributed by atoms with Crippen molar-refractivity contribution in [2.75, 3.05) is 0 Å². The van der Waals surface area contributed by atoms with Crippen molar-refractivity contribution in [3.8, 4) is 5.69 Å². The number of rotatable bonds is 1. The molecular formula is C13H11Cl2FN2. The number of fused-ring (bicyclic) bond motifs is 1. The summed E-state index contributed by atoms with van der Waals surface area (Å²) in [6, 6.07) is 4.59. The second kappa shape index (κ2) is 4.56. The monoisotopic (exact) mass is 284 g/mol. The molecule has 0 amide bonds. The zero-order valence-electron chi connectivity index (χ0n) is 9.59. The molecule has 0 saturated carbocycles. The third kappa shape index (κ3) is 1.91. The molecule has 1 aliphatic rings. The van der Waals surface area contributed by atoms with Crippen molar-refractivity contribution in [1.29, 1.82) is 0 Å². The number of benzene rings is 1. The predicted molar refractivity (Wildman–Crippen MR) is 70.2 cm³/mol. The lowest BCUT2D eigenvalue weighted by Gasteiger charge is -2.08. The van der Waals surface area contributed by atoms with Gasteiger partial charge in [-0.25, -0.2) is 9.07 Å². The minimum atomic E-state index is -0.460. The average Bonchev–Trinajstić information content (AvgIpc) is 2.71. The van der Waals surface area contributed by atoms with Crippen LogP contribution in [-0.2, 0) is 12.8 Å². The molecule has 1 aromatic carbocycles. The second-order valence-electron chi connectivity index (χ2n) is 4.43. The lowest BCUT2D eigenvalue weighted by molar-refractivity contribution is 0.625. The van der Waals surface area contributed by atoms with Crippen molar-refractivity contribution >= 4 is 23.2 Å². The fraction of sp³-hybridized carbons (Fsp3) is 0.308. The van der Waals surface area contributed by atoms with Gasteiger partial charge in [-0.1, -0.05) is 23.2 Å². The summed E-state index contributed by atoms with van der Waals surface area (Å²) in [6.07, 6.45) is 4.16. The van der Waals surface area contributed by atoms with Crippen LogP contribution in [0.15, 0.2) is 18.2 Å². The quantitative estimate of drug-likeness (QED) is 0.768. The third-order valence-electron chi connectivity index (χ3n) is 3.24. The number of halogens is 3. The van der Waals surface area contributed by atoms with Gasteiger partial charge in [0.15, 0.2) is 0 Å². The highest BCUT2D eigenvalue weighted by molar-refractivity contribution is 6.31. The summed E-state index contributed by atoms with van der Waals surface area (Å²) in [5, 5.41) is 5.16. The highest BCUT2D eigenvalue weighted by Crippen LogP contribution is 2.30. The molecule has 0 bridgehead atoms. The van der Waals surface area contributed by atoms with Gasteiger partial charge in [0.05, 0.1) is 16.4 Å². The van der Waals surface area contributed by atoms with Gasteiger partial charge in [-0.05, 0) is 37.8 Å². The van der Waals surface area contributed by atoms with Crippen LogP contribution < -0.4 is 0 Å². The molecule has 0 spiro atoms. The van der Waals surface area contributed by atoms with Crippen LogP contribution >= 0.6 is 23.2 Å². The van der Waals surface area contributed by atoms with E-state index in [1.807, 2.05) is 0 Å². The molecule has 0 atom stereocenters. The van der Waals surface area contributed by atoms with E-state index in [4.69, 9.17) is 23.2 Å². The van der Waals surface area contributed by atoms with E-state index >= 15 is 0 Å². The van der Waals surface area contributed by atoms with Crippen LogP contribution in [0.5, 0.6) is 0 Å². The largest absolute Gasteiger partial charge is 0.222 e. The molecule has 0 aliphatic heterocycles. The summed E-state index contributed by atoms with van der Waals surface area (Å²) >= 11 is 12.0. The van der Waals surface area contributed by atoms with Gasteiger partial charge in [0.2, 0.25) is 0 Å². The molecule has 18 heavy (non-hydrogen) atoms. The Hall–Kier alpha value is -1.06. The van der Waals surface area contributed by atoms with Crippen LogP contribution in [0.1, 0.15) is 24.1 Å². The SMILES string of the molecule is Fc1cc(-n2nc3c(c2Cl)CCCC3)ccc1Cl. The molecule has 0 unspecified atom stereocenters. The van der Waals surface area contributed by atoms with E-state index in [0.717, 1.165) is 36.9 Å². The van der Waals surface area contributed by atoms with Crippen molar-refractivity contribution in [3.63, 3.8) is 0 Å². The van der Waals surface area contributed by atoms with Gasteiger partial charge in [0.1, 0.15) is 11.0 Å². The van der Waals surface area contributed by atoms with Crippen LogP contribution in [0.25, 0.3) is 5.69 Å². The third-order valence-corrected chi connectivity index (χ3v) is 3.94. The Kier molecular flexibility index (Phi) is 3.04. The molecule has 0 saturated heterocycles. The van der Waals surface area contributed by atoms with Gasteiger partial charge >= 0.3 is 0 Å². The minimum Gasteiger partial charge on any atom is -0.222 e. The van der Waals surface area contributed by atoms with E-state index < -0.39 is 5.82 Å². The van der Waals surface area contributed by atoms with Gasteiger partial charge in [-0.2, -0.15) is 5.10 Å². The molecule has 0 radical (unpaired) electrons. The molecule has 0 N–H and O–H groups in total. The number of nitrogens with zero attached hydrogens (tertiary/aromatic N) is 2. The van der Waals surface area contributed by atoms with Gasteiger partial charge < -0.3 is 0 Å². The smallest absolute Gasteiger partial charge is 0.143 e. The maximum absolute atomic E-state index is 13.5. The van der Waals surface area contributed by atoms with Gasteiger partial charge in [-0.3, -0.25) is 0 Å². The second-order valence-corrected chi connectivity index (χ2v) is 5.20. The van der Waals surface area contributed by atoms with Crippen molar-refractivity contribution < 1.29 is 4.39 Å². The van der Waals surface area contributed by atoms with Crippen molar-refractivity contribution in [1.82, 2.24) is 9.78 Å². The molecule has 1 aromatic heterocycles. The molecule has 1 heterocycles. The molecule has 2 aromatic rings. The molecular weight excluding hydrogens is 274 g/mol. The van der Waals surface area contributed by atoms with E-state index in [1.54, 1.807) is 10.7 Å². The van der Waals surface area contributed by atoms with Crippen LogP contribution in [0.3, 0.4) is 0 Å². The summed E-state index contributed by atoms with van der Waals surface area (Å²) in [7, 11) is 0. The molecule has 1 aliphatic carbocycles. The zero-order valence-corrected chi connectivity index (χ0v) is 11.1. The summed E-state index contributed by atoms with van der Waals surface area (Å²) in [5.41, 5.74) is 2.73. The first kappa shape index (κ1) is 12.0. The van der Waals surface area contributed by atoms with Crippen LogP contribution in [0, 0.1) is 5.82 Å². The molecule has 0 fully saturated rings. The molecule has 5 heteroatoms. The normalized spacial score (nSPS) is 14.6. The first-order chi connectivity index (χ1) is 8.66. The standard InChI is InChI=1S/C13H11Cl2FN2/c14-10-6-5-8(7-11(10)16)18-13(15)9-3-1-2-4-12(9)17-18/h5-7H,1-4H2. The lowest BCUT2D eigenvalue weighted by atomic mass is 9.99. The summed E-state index contributed by atoms with van der Waals surface area (Å²) in [5.74, 6) is -0.460. The number of aryl methyl sites for hydroxylation is 1. The highest BCUT2D eigenvalue weighted by Gasteiger charge is 2.20. The maximum atomic E-state index is 13.5. The zero-order chi connectivity index (χ0) is 12.7. The number of hydrogen-bond acceptors (Lipinski definition) is 1. The fourth-order valence-electron chi connectivity index (χ4n) is 2.30. The Balaban J connectivity index is 2.11. The van der Waals surface area contributed by atoms with Crippen molar-refractivity contribution in [2.24, 2.45) is 0 Å². The fourth-order valence-corrected chi connectivity index (χ4v) is 2.76. The van der Waals surface area contributed by atoms with Crippen LogP contribution in [-0.4, -0.2) is 9.78 Å². The highest BCUT2D eigenvalue weighted by atomic mass is 35.5. The van der Waals surface area contributed by atoms with Gasteiger partial charge in [-0.15, -0.1) is 0 Å². The summed E-state index contributed by atoms with van der Waals surface area (Å²) in [6.45, 7) is 0. The lowest BCUT2D eigenvalue weighted by Crippen LogP contribution is -2.00. The topological polar surface area (TPSA) is 17.8 Å². The Morgan fingerprint density at radius 3 is 2.67 bits per heavy atom. The Morgan fingerprint density at radius 1 is 1.17 bits per heavy atom. The molecule has 94 valence electrons. The van der Waals surface area contributed by atoms with E-state index in [-0.39, 0.29) is 5.02 Å². The summed E-state index contributed by atoms with van der Waals surface area (Å²) < 4.78 is 15.1. The van der Waals surface area contributed by atoms with Crippen LogP contribution in [0.4, 0.5) is 4.39 Å². The Bertz CT molecular complexity index is 607. The van der Waals surface area contributed by atoms with E-state index in [9.17, 15) is 4.39 Å². The first-order valence-electron chi connectivity index (χ1n) is 5.88. The minimum absolute atomic E-state index is 0.104. The average molecular weight is 285 g/mol. The van der Waals surface area contributed by atoms with E-state index in [0.29, 0.717) is 10.8 Å². The van der Waals surface area contributed by atoms with E-state index in [1.165, 1.54) is 12.1 Å². The number of aromatic nitrogens is 2. The number of hydrogen-bond donors (Lipinski definition) is 0. The summed E-state index contributed by atoms with van der Waals surface area (Å²) in [4.78, 5) is 0.